The number of allylic oxidation sites excluding steroid dienone is 1. The van der Waals surface area contributed by atoms with Gasteiger partial charge in [-0.2, -0.15) is 0 Å². The Bertz CT molecular complexity index is 1580. The fourth-order valence-electron chi connectivity index (χ4n) is 4.93. The van der Waals surface area contributed by atoms with Gasteiger partial charge in [-0.05, 0) is 61.7 Å². The SMILES string of the molecule is COc1ccc(N2CCN(C(=N/c3c(C)c(=O)n(C)c(=O)n3C)/C(C)=C\Cc3cc(Cl)ccc3Cl)CC2)c(OC)c1. The van der Waals surface area contributed by atoms with Gasteiger partial charge in [0, 0.05) is 56.4 Å². The molecule has 4 rings (SSSR count). The summed E-state index contributed by atoms with van der Waals surface area (Å²) in [6.07, 6.45) is 2.59. The third-order valence-electron chi connectivity index (χ3n) is 7.36. The van der Waals surface area contributed by atoms with E-state index in [4.69, 9.17) is 37.7 Å². The van der Waals surface area contributed by atoms with Crippen LogP contribution in [-0.4, -0.2) is 60.3 Å². The molecule has 1 aliphatic heterocycles. The van der Waals surface area contributed by atoms with Crippen molar-refractivity contribution in [3.8, 4) is 11.5 Å². The van der Waals surface area contributed by atoms with Gasteiger partial charge in [0.25, 0.3) is 5.56 Å². The second-order valence-electron chi connectivity index (χ2n) is 9.93. The van der Waals surface area contributed by atoms with Crippen LogP contribution in [-0.2, 0) is 20.5 Å². The van der Waals surface area contributed by atoms with Crippen LogP contribution < -0.4 is 25.6 Å². The molecule has 41 heavy (non-hydrogen) atoms. The van der Waals surface area contributed by atoms with Crippen molar-refractivity contribution in [3.63, 3.8) is 0 Å². The molecule has 0 aliphatic carbocycles. The maximum atomic E-state index is 12.8. The first-order chi connectivity index (χ1) is 19.5. The normalized spacial score (nSPS) is 14.4. The number of aliphatic imine (C=N–C) groups is 1. The first kappa shape index (κ1) is 30.3. The molecule has 0 bridgehead atoms. The van der Waals surface area contributed by atoms with Crippen molar-refractivity contribution in [2.75, 3.05) is 45.3 Å². The largest absolute Gasteiger partial charge is 0.497 e. The number of amidine groups is 1. The van der Waals surface area contributed by atoms with E-state index in [0.717, 1.165) is 32.9 Å². The highest BCUT2D eigenvalue weighted by atomic mass is 35.5. The molecule has 0 spiro atoms. The van der Waals surface area contributed by atoms with Gasteiger partial charge in [0.15, 0.2) is 0 Å². The lowest BCUT2D eigenvalue weighted by molar-refractivity contribution is 0.374. The van der Waals surface area contributed by atoms with Crippen molar-refractivity contribution < 1.29 is 9.47 Å². The van der Waals surface area contributed by atoms with Crippen LogP contribution in [0.15, 0.2) is 62.6 Å². The third kappa shape index (κ3) is 6.47. The van der Waals surface area contributed by atoms with Crippen LogP contribution in [0.3, 0.4) is 0 Å². The lowest BCUT2D eigenvalue weighted by Crippen LogP contribution is -2.49. The van der Waals surface area contributed by atoms with Crippen molar-refractivity contribution in [2.45, 2.75) is 20.3 Å². The molecule has 2 heterocycles. The maximum Gasteiger partial charge on any atom is 0.332 e. The van der Waals surface area contributed by atoms with E-state index in [1.807, 2.05) is 37.3 Å². The standard InChI is InChI=1S/C30H35Cl2N5O4/c1-19(7-8-21-17-22(31)9-11-24(21)32)27(33-28-20(2)29(38)35(4)30(39)34(28)3)37-15-13-36(14-16-37)25-12-10-23(40-5)18-26(25)41-6/h7,9-12,17-18H,8,13-16H2,1-6H3/b19-7-,33-27+. The minimum atomic E-state index is -0.428. The lowest BCUT2D eigenvalue weighted by atomic mass is 10.1. The van der Waals surface area contributed by atoms with E-state index in [-0.39, 0.29) is 5.56 Å². The van der Waals surface area contributed by atoms with Gasteiger partial charge in [0.2, 0.25) is 0 Å². The number of methoxy groups -OCH3 is 2. The predicted molar refractivity (Wildman–Crippen MR) is 166 cm³/mol. The number of hydrogen-bond acceptors (Lipinski definition) is 6. The Hall–Kier alpha value is -3.69. The number of halogens is 2. The van der Waals surface area contributed by atoms with Gasteiger partial charge < -0.3 is 19.3 Å². The van der Waals surface area contributed by atoms with Crippen LogP contribution in [0, 0.1) is 6.92 Å². The minimum Gasteiger partial charge on any atom is -0.497 e. The maximum absolute atomic E-state index is 12.8. The summed E-state index contributed by atoms with van der Waals surface area (Å²) in [5.74, 6) is 2.50. The summed E-state index contributed by atoms with van der Waals surface area (Å²) in [5.41, 5.74) is 2.38. The van der Waals surface area contributed by atoms with E-state index in [9.17, 15) is 9.59 Å². The van der Waals surface area contributed by atoms with Crippen LogP contribution in [0.1, 0.15) is 18.1 Å². The molecule has 11 heteroatoms. The molecule has 1 saturated heterocycles. The first-order valence-corrected chi connectivity index (χ1v) is 14.0. The van der Waals surface area contributed by atoms with Crippen molar-refractivity contribution in [1.82, 2.24) is 14.0 Å². The van der Waals surface area contributed by atoms with Crippen molar-refractivity contribution in [1.29, 1.82) is 0 Å². The van der Waals surface area contributed by atoms with Gasteiger partial charge in [-0.1, -0.05) is 29.3 Å². The van der Waals surface area contributed by atoms with Crippen molar-refractivity contribution in [2.24, 2.45) is 19.1 Å². The van der Waals surface area contributed by atoms with Crippen LogP contribution in [0.25, 0.3) is 0 Å². The average Bonchev–Trinajstić information content (AvgIpc) is 2.99. The fourth-order valence-corrected chi connectivity index (χ4v) is 5.32. The molecule has 0 N–H and O–H groups in total. The molecule has 0 unspecified atom stereocenters. The van der Waals surface area contributed by atoms with Crippen LogP contribution in [0.2, 0.25) is 10.0 Å². The van der Waals surface area contributed by atoms with E-state index < -0.39 is 5.69 Å². The third-order valence-corrected chi connectivity index (χ3v) is 7.96. The molecule has 1 aliphatic rings. The average molecular weight is 601 g/mol. The zero-order valence-electron chi connectivity index (χ0n) is 24.2. The van der Waals surface area contributed by atoms with Gasteiger partial charge in [-0.25, -0.2) is 9.79 Å². The van der Waals surface area contributed by atoms with E-state index in [2.05, 4.69) is 9.80 Å². The molecular formula is C30H35Cl2N5O4. The number of benzene rings is 2. The first-order valence-electron chi connectivity index (χ1n) is 13.2. The second-order valence-corrected chi connectivity index (χ2v) is 10.8. The van der Waals surface area contributed by atoms with Crippen molar-refractivity contribution in [3.05, 3.63) is 90.1 Å². The summed E-state index contributed by atoms with van der Waals surface area (Å²) in [6.45, 7) is 6.42. The Balaban J connectivity index is 1.70. The van der Waals surface area contributed by atoms with Crippen LogP contribution >= 0.6 is 23.2 Å². The molecule has 1 aromatic heterocycles. The summed E-state index contributed by atoms with van der Waals surface area (Å²) >= 11 is 12.6. The topological polar surface area (TPSA) is 81.3 Å². The highest BCUT2D eigenvalue weighted by Gasteiger charge is 2.24. The zero-order valence-corrected chi connectivity index (χ0v) is 25.7. The van der Waals surface area contributed by atoms with Gasteiger partial charge in [-0.15, -0.1) is 0 Å². The fraction of sp³-hybridized carbons (Fsp3) is 0.367. The highest BCUT2D eigenvalue weighted by molar-refractivity contribution is 6.33. The molecule has 218 valence electrons. The summed E-state index contributed by atoms with van der Waals surface area (Å²) in [7, 11) is 6.38. The Morgan fingerprint density at radius 2 is 1.68 bits per heavy atom. The monoisotopic (exact) mass is 599 g/mol. The Morgan fingerprint density at radius 1 is 0.976 bits per heavy atom. The number of rotatable bonds is 7. The molecule has 3 aromatic rings. The second kappa shape index (κ2) is 12.9. The Morgan fingerprint density at radius 3 is 2.34 bits per heavy atom. The molecule has 0 atom stereocenters. The smallest absolute Gasteiger partial charge is 0.332 e. The lowest BCUT2D eigenvalue weighted by Gasteiger charge is -2.38. The van der Waals surface area contributed by atoms with Gasteiger partial charge in [0.05, 0.1) is 25.5 Å². The van der Waals surface area contributed by atoms with Crippen LogP contribution in [0.4, 0.5) is 11.5 Å². The molecule has 9 nitrogen and oxygen atoms in total. The number of aromatic nitrogens is 2. The molecule has 0 saturated carbocycles. The van der Waals surface area contributed by atoms with Gasteiger partial charge >= 0.3 is 5.69 Å². The number of anilines is 1. The molecule has 1 fully saturated rings. The number of nitrogens with zero attached hydrogens (tertiary/aromatic N) is 5. The van der Waals surface area contributed by atoms with Gasteiger partial charge in [-0.3, -0.25) is 13.9 Å². The quantitative estimate of drug-likeness (QED) is 0.288. The van der Waals surface area contributed by atoms with Crippen molar-refractivity contribution >= 4 is 40.5 Å². The highest BCUT2D eigenvalue weighted by Crippen LogP contribution is 2.33. The number of hydrogen-bond donors (Lipinski definition) is 0. The summed E-state index contributed by atoms with van der Waals surface area (Å²) in [4.78, 5) is 34.9. The Kier molecular flexibility index (Phi) is 9.50. The number of piperazine rings is 1. The Labute approximate surface area is 249 Å². The summed E-state index contributed by atoms with van der Waals surface area (Å²) in [5, 5.41) is 1.24. The van der Waals surface area contributed by atoms with Crippen LogP contribution in [0.5, 0.6) is 11.5 Å². The van der Waals surface area contributed by atoms with E-state index >= 15 is 0 Å². The summed E-state index contributed by atoms with van der Waals surface area (Å²) < 4.78 is 13.5. The minimum absolute atomic E-state index is 0.334. The number of ether oxygens (including phenoxy) is 2. The van der Waals surface area contributed by atoms with E-state index in [1.165, 1.54) is 11.6 Å². The summed E-state index contributed by atoms with van der Waals surface area (Å²) in [6, 6.07) is 11.2. The molecule has 0 amide bonds. The predicted octanol–water partition coefficient (Wildman–Crippen LogP) is 4.76. The van der Waals surface area contributed by atoms with Gasteiger partial charge in [0.1, 0.15) is 23.2 Å². The molecular weight excluding hydrogens is 565 g/mol. The molecule has 0 radical (unpaired) electrons. The van der Waals surface area contributed by atoms with E-state index in [1.54, 1.807) is 40.3 Å². The zero-order chi connectivity index (χ0) is 29.8. The van der Waals surface area contributed by atoms with E-state index in [0.29, 0.717) is 59.9 Å². The molecule has 2 aromatic carbocycles.